The Morgan fingerprint density at radius 1 is 1.29 bits per heavy atom. The van der Waals surface area contributed by atoms with Gasteiger partial charge in [0.1, 0.15) is 0 Å². The largest absolute Gasteiger partial charge is 0.367 e. The van der Waals surface area contributed by atoms with Crippen LogP contribution in [0.1, 0.15) is 0 Å². The molecule has 0 aliphatic heterocycles. The normalized spacial score (nSPS) is 10.8. The van der Waals surface area contributed by atoms with E-state index in [1.54, 1.807) is 12.3 Å². The zero-order valence-electron chi connectivity index (χ0n) is 8.68. The molecule has 0 spiro atoms. The van der Waals surface area contributed by atoms with Gasteiger partial charge in [-0.1, -0.05) is 11.2 Å². The number of nitrogens with one attached hydrogen (secondary N) is 1. The lowest BCUT2D eigenvalue weighted by molar-refractivity contribution is 0.436. The van der Waals surface area contributed by atoms with Gasteiger partial charge in [-0.2, -0.15) is 0 Å². The van der Waals surface area contributed by atoms with E-state index in [1.165, 1.54) is 6.20 Å². The quantitative estimate of drug-likeness (QED) is 0.651. The molecule has 0 aliphatic carbocycles. The molecular weight excluding hydrogens is 220 g/mol. The molecule has 3 rings (SSSR count). The van der Waals surface area contributed by atoms with Crippen LogP contribution in [-0.4, -0.2) is 15.1 Å². The number of benzene rings is 1. The fraction of sp³-hybridized carbons (Fsp3) is 0. The summed E-state index contributed by atoms with van der Waals surface area (Å²) in [5.41, 5.74) is 8.32. The minimum absolute atomic E-state index is 0.227. The molecule has 2 aromatic heterocycles. The van der Waals surface area contributed by atoms with Crippen molar-refractivity contribution in [3.8, 4) is 11.1 Å². The molecule has 6 nitrogen and oxygen atoms in total. The lowest BCUT2D eigenvalue weighted by atomic mass is 10.1. The van der Waals surface area contributed by atoms with E-state index < -0.39 is 0 Å². The number of nitrogens with zero attached hydrogens (tertiary/aromatic N) is 2. The van der Waals surface area contributed by atoms with Crippen LogP contribution in [0.2, 0.25) is 0 Å². The molecule has 0 unspecified atom stereocenters. The molecule has 0 radical (unpaired) electrons. The molecule has 0 atom stereocenters. The SMILES string of the molecule is Nc1oncc1-c1ccc2[nH]c(=O)cnc2c1. The summed E-state index contributed by atoms with van der Waals surface area (Å²) >= 11 is 0. The van der Waals surface area contributed by atoms with Crippen molar-refractivity contribution >= 4 is 16.9 Å². The number of aromatic nitrogens is 3. The van der Waals surface area contributed by atoms with Crippen molar-refractivity contribution in [2.45, 2.75) is 0 Å². The predicted molar refractivity (Wildman–Crippen MR) is 62.3 cm³/mol. The van der Waals surface area contributed by atoms with Gasteiger partial charge in [0.2, 0.25) is 5.88 Å². The number of hydrogen-bond acceptors (Lipinski definition) is 5. The number of nitrogens with two attached hydrogens (primary N) is 1. The van der Waals surface area contributed by atoms with Gasteiger partial charge in [-0.25, -0.2) is 4.98 Å². The van der Waals surface area contributed by atoms with Crippen LogP contribution >= 0.6 is 0 Å². The van der Waals surface area contributed by atoms with Crippen molar-refractivity contribution in [2.24, 2.45) is 0 Å². The summed E-state index contributed by atoms with van der Waals surface area (Å²) in [7, 11) is 0. The summed E-state index contributed by atoms with van der Waals surface area (Å²) in [4.78, 5) is 17.8. The topological polar surface area (TPSA) is 97.8 Å². The van der Waals surface area contributed by atoms with Crippen molar-refractivity contribution < 1.29 is 4.52 Å². The first kappa shape index (κ1) is 9.59. The number of aromatic amines is 1. The Balaban J connectivity index is 2.24. The van der Waals surface area contributed by atoms with Gasteiger partial charge in [-0.15, -0.1) is 0 Å². The van der Waals surface area contributed by atoms with Gasteiger partial charge in [0, 0.05) is 0 Å². The third kappa shape index (κ3) is 1.55. The standard InChI is InChI=1S/C11H8N4O2/c12-11-7(4-14-17-11)6-1-2-8-9(3-6)13-5-10(16)15-8/h1-5H,12H2,(H,15,16). The van der Waals surface area contributed by atoms with Gasteiger partial charge in [-0.3, -0.25) is 4.79 Å². The molecule has 2 heterocycles. The van der Waals surface area contributed by atoms with Crippen LogP contribution in [0.3, 0.4) is 0 Å². The molecule has 84 valence electrons. The van der Waals surface area contributed by atoms with E-state index in [2.05, 4.69) is 15.1 Å². The van der Waals surface area contributed by atoms with Crippen LogP contribution < -0.4 is 11.3 Å². The summed E-state index contributed by atoms with van der Waals surface area (Å²) in [6.07, 6.45) is 2.78. The number of rotatable bonds is 1. The minimum Gasteiger partial charge on any atom is -0.367 e. The van der Waals surface area contributed by atoms with Gasteiger partial charge < -0.3 is 15.2 Å². The van der Waals surface area contributed by atoms with Gasteiger partial charge in [0.15, 0.2) is 0 Å². The first-order valence-corrected chi connectivity index (χ1v) is 4.93. The van der Waals surface area contributed by atoms with Crippen molar-refractivity contribution in [3.05, 3.63) is 40.9 Å². The predicted octanol–water partition coefficient (Wildman–Crippen LogP) is 1.16. The maximum absolute atomic E-state index is 11.1. The second-order valence-corrected chi connectivity index (χ2v) is 3.58. The molecule has 17 heavy (non-hydrogen) atoms. The van der Waals surface area contributed by atoms with Gasteiger partial charge in [-0.05, 0) is 17.7 Å². The maximum Gasteiger partial charge on any atom is 0.266 e. The summed E-state index contributed by atoms with van der Waals surface area (Å²) in [6, 6.07) is 5.41. The number of anilines is 1. The molecule has 0 amide bonds. The summed E-state index contributed by atoms with van der Waals surface area (Å²) < 4.78 is 4.80. The first-order valence-electron chi connectivity index (χ1n) is 4.93. The zero-order valence-corrected chi connectivity index (χ0v) is 8.68. The lowest BCUT2D eigenvalue weighted by Gasteiger charge is -2.00. The molecule has 0 fully saturated rings. The van der Waals surface area contributed by atoms with Crippen molar-refractivity contribution in [1.82, 2.24) is 15.1 Å². The molecule has 3 N–H and O–H groups in total. The van der Waals surface area contributed by atoms with E-state index in [0.717, 1.165) is 5.56 Å². The monoisotopic (exact) mass is 228 g/mol. The molecule has 0 saturated carbocycles. The zero-order chi connectivity index (χ0) is 11.8. The van der Waals surface area contributed by atoms with E-state index in [4.69, 9.17) is 10.3 Å². The molecule has 0 saturated heterocycles. The Morgan fingerprint density at radius 2 is 2.18 bits per heavy atom. The second-order valence-electron chi connectivity index (χ2n) is 3.58. The average Bonchev–Trinajstić information content (AvgIpc) is 2.75. The first-order chi connectivity index (χ1) is 8.24. The smallest absolute Gasteiger partial charge is 0.266 e. The van der Waals surface area contributed by atoms with E-state index in [-0.39, 0.29) is 11.4 Å². The van der Waals surface area contributed by atoms with E-state index in [0.29, 0.717) is 16.6 Å². The maximum atomic E-state index is 11.1. The van der Waals surface area contributed by atoms with Gasteiger partial charge >= 0.3 is 0 Å². The number of fused-ring (bicyclic) bond motifs is 1. The Labute approximate surface area is 95.1 Å². The van der Waals surface area contributed by atoms with Crippen LogP contribution in [0.4, 0.5) is 5.88 Å². The molecule has 3 aromatic rings. The summed E-state index contributed by atoms with van der Waals surface area (Å²) in [5, 5.41) is 3.61. The van der Waals surface area contributed by atoms with Crippen LogP contribution in [0.25, 0.3) is 22.2 Å². The number of H-pyrrole nitrogens is 1. The van der Waals surface area contributed by atoms with E-state index in [9.17, 15) is 4.79 Å². The minimum atomic E-state index is -0.227. The third-order valence-electron chi connectivity index (χ3n) is 2.49. The lowest BCUT2D eigenvalue weighted by Crippen LogP contribution is -2.04. The highest BCUT2D eigenvalue weighted by atomic mass is 16.5. The van der Waals surface area contributed by atoms with Crippen molar-refractivity contribution in [1.29, 1.82) is 0 Å². The Hall–Kier alpha value is -2.63. The van der Waals surface area contributed by atoms with Crippen molar-refractivity contribution in [2.75, 3.05) is 5.73 Å². The Kier molecular flexibility index (Phi) is 1.94. The van der Waals surface area contributed by atoms with E-state index >= 15 is 0 Å². The fourth-order valence-electron chi connectivity index (χ4n) is 1.67. The van der Waals surface area contributed by atoms with Gasteiger partial charge in [0.05, 0.1) is 29.0 Å². The fourth-order valence-corrected chi connectivity index (χ4v) is 1.67. The highest BCUT2D eigenvalue weighted by molar-refractivity contribution is 5.83. The highest BCUT2D eigenvalue weighted by Crippen LogP contribution is 2.26. The highest BCUT2D eigenvalue weighted by Gasteiger charge is 2.08. The molecular formula is C11H8N4O2. The number of hydrogen-bond donors (Lipinski definition) is 2. The summed E-state index contributed by atoms with van der Waals surface area (Å²) in [5.74, 6) is 0.258. The Bertz CT molecular complexity index is 744. The summed E-state index contributed by atoms with van der Waals surface area (Å²) in [6.45, 7) is 0. The van der Waals surface area contributed by atoms with Crippen LogP contribution in [0, 0.1) is 0 Å². The third-order valence-corrected chi connectivity index (χ3v) is 2.49. The average molecular weight is 228 g/mol. The molecule has 1 aromatic carbocycles. The Morgan fingerprint density at radius 3 is 2.94 bits per heavy atom. The van der Waals surface area contributed by atoms with Gasteiger partial charge in [0.25, 0.3) is 5.56 Å². The molecule has 0 bridgehead atoms. The molecule has 0 aliphatic rings. The van der Waals surface area contributed by atoms with Crippen molar-refractivity contribution in [3.63, 3.8) is 0 Å². The van der Waals surface area contributed by atoms with Crippen LogP contribution in [0.15, 0.2) is 39.9 Å². The van der Waals surface area contributed by atoms with E-state index in [1.807, 2.05) is 12.1 Å². The van der Waals surface area contributed by atoms with Crippen LogP contribution in [0.5, 0.6) is 0 Å². The second kappa shape index (κ2) is 3.44. The van der Waals surface area contributed by atoms with Crippen LogP contribution in [-0.2, 0) is 0 Å². The number of nitrogen functional groups attached to an aromatic ring is 1. The molecule has 6 heteroatoms.